The van der Waals surface area contributed by atoms with Crippen molar-refractivity contribution >= 4 is 29.4 Å². The zero-order valence-corrected chi connectivity index (χ0v) is 39.9. The first-order valence-corrected chi connectivity index (χ1v) is 22.7. The van der Waals surface area contributed by atoms with Crippen molar-refractivity contribution < 1.29 is 42.9 Å². The van der Waals surface area contributed by atoms with Crippen molar-refractivity contribution in [1.29, 1.82) is 0 Å². The van der Waals surface area contributed by atoms with Gasteiger partial charge in [-0.25, -0.2) is 0 Å². The lowest BCUT2D eigenvalue weighted by Crippen LogP contribution is -2.53. The van der Waals surface area contributed by atoms with Crippen LogP contribution in [0.2, 0.25) is 0 Å². The van der Waals surface area contributed by atoms with E-state index in [1.807, 2.05) is 76.8 Å². The highest BCUT2D eigenvalue weighted by Crippen LogP contribution is 2.34. The van der Waals surface area contributed by atoms with Crippen LogP contribution in [0.3, 0.4) is 0 Å². The smallest absolute Gasteiger partial charge is 0.310 e. The summed E-state index contributed by atoms with van der Waals surface area (Å²) in [6, 6.07) is 14.0. The second kappa shape index (κ2) is 25.1. The number of likely N-dealkylation sites (tertiary alicyclic amines) is 1. The normalized spacial score (nSPS) is 18.0. The molecule has 9 atom stereocenters. The quantitative estimate of drug-likeness (QED) is 0.0942. The minimum absolute atomic E-state index is 0.00159. The molecule has 0 aromatic heterocycles. The van der Waals surface area contributed by atoms with E-state index in [0.717, 1.165) is 24.8 Å². The van der Waals surface area contributed by atoms with E-state index < -0.39 is 35.9 Å². The average molecular weight is 864 g/mol. The molecule has 62 heavy (non-hydrogen) atoms. The van der Waals surface area contributed by atoms with Gasteiger partial charge >= 0.3 is 5.97 Å². The van der Waals surface area contributed by atoms with E-state index in [9.17, 15) is 24.0 Å². The monoisotopic (exact) mass is 864 g/mol. The number of hydrogen-bond acceptors (Lipinski definition) is 10. The molecule has 1 N–H and O–H groups in total. The molecule has 3 rings (SSSR count). The molecule has 1 aliphatic rings. The van der Waals surface area contributed by atoms with Crippen molar-refractivity contribution in [2.45, 2.75) is 131 Å². The maximum atomic E-state index is 14.4. The Balaban J connectivity index is 1.77. The predicted molar refractivity (Wildman–Crippen MR) is 243 cm³/mol. The summed E-state index contributed by atoms with van der Waals surface area (Å²) in [5, 5.41) is 3.12. The lowest BCUT2D eigenvalue weighted by atomic mass is 9.81. The predicted octanol–water partition coefficient (Wildman–Crippen LogP) is 7.58. The van der Waals surface area contributed by atoms with Crippen LogP contribution in [-0.2, 0) is 46.5 Å². The van der Waals surface area contributed by atoms with Crippen molar-refractivity contribution in [3.63, 3.8) is 0 Å². The third kappa shape index (κ3) is 13.9. The number of carbonyl (C=O) groups excluding carboxylic acids is 5. The van der Waals surface area contributed by atoms with E-state index in [1.165, 1.54) is 0 Å². The van der Waals surface area contributed by atoms with Crippen LogP contribution < -0.4 is 14.8 Å². The Morgan fingerprint density at radius 1 is 0.855 bits per heavy atom. The van der Waals surface area contributed by atoms with Crippen molar-refractivity contribution in [2.24, 2.45) is 41.4 Å². The Bertz CT molecular complexity index is 1750. The van der Waals surface area contributed by atoms with Gasteiger partial charge < -0.3 is 34.1 Å². The maximum Gasteiger partial charge on any atom is 0.310 e. The Morgan fingerprint density at radius 3 is 2.10 bits per heavy atom. The average Bonchev–Trinajstić information content (AvgIpc) is 3.76. The van der Waals surface area contributed by atoms with Gasteiger partial charge in [-0.05, 0) is 67.7 Å². The van der Waals surface area contributed by atoms with Crippen LogP contribution in [0.4, 0.5) is 0 Å². The first-order valence-electron chi connectivity index (χ1n) is 22.7. The number of nitrogens with zero attached hydrogens (tertiary/aromatic N) is 2. The third-order valence-electron chi connectivity index (χ3n) is 13.4. The van der Waals surface area contributed by atoms with Crippen molar-refractivity contribution in [3.05, 3.63) is 59.7 Å². The fourth-order valence-electron chi connectivity index (χ4n) is 9.18. The van der Waals surface area contributed by atoms with Crippen LogP contribution in [0.25, 0.3) is 0 Å². The topological polar surface area (TPSA) is 141 Å². The summed E-state index contributed by atoms with van der Waals surface area (Å²) < 4.78 is 22.7. The number of benzene rings is 2. The summed E-state index contributed by atoms with van der Waals surface area (Å²) in [4.78, 5) is 73.6. The van der Waals surface area contributed by atoms with Gasteiger partial charge in [-0.3, -0.25) is 24.0 Å². The number of esters is 1. The Labute approximate surface area is 372 Å². The largest absolute Gasteiger partial charge is 0.497 e. The number of carbonyl (C=O) groups is 5. The number of nitrogens with one attached hydrogen (secondary N) is 1. The first-order chi connectivity index (χ1) is 29.4. The summed E-state index contributed by atoms with van der Waals surface area (Å²) in [5.74, 6) is -1.39. The first kappa shape index (κ1) is 52.1. The van der Waals surface area contributed by atoms with Gasteiger partial charge in [0.25, 0.3) is 0 Å². The maximum absolute atomic E-state index is 14.4. The zero-order valence-electron chi connectivity index (χ0n) is 39.9. The van der Waals surface area contributed by atoms with Gasteiger partial charge in [0.15, 0.2) is 5.78 Å². The highest BCUT2D eigenvalue weighted by Gasteiger charge is 2.42. The van der Waals surface area contributed by atoms with Gasteiger partial charge in [0.1, 0.15) is 23.9 Å². The molecule has 12 nitrogen and oxygen atoms in total. The fraction of sp³-hybridized carbons (Fsp3) is 0.660. The standard InChI is InChI=1S/C50H77N3O9/c1-14-33(6)48(52(10)49(57)40(31(2)3)28-43(55)47(51-9)32(4)5)45(61-13)29-46(56)53-24-18-21-41(53)34(7)35(8)42(54)26-38(25-36-19-16-15-17-20-36)50(58)62-30-37-22-23-39(59-11)27-44(37)60-12/h15-17,19-20,22-23,27,31-35,38,40-41,45,47-48,51H,14,18,21,24-26,28-30H2,1-13H3/t33-,34+,35+,38+,40-,41-,45+,47-,48-/m0/s1. The van der Waals surface area contributed by atoms with Gasteiger partial charge in [0.05, 0.1) is 44.7 Å². The minimum Gasteiger partial charge on any atom is -0.497 e. The van der Waals surface area contributed by atoms with Crippen LogP contribution in [0, 0.1) is 41.4 Å². The molecule has 1 saturated heterocycles. The van der Waals surface area contributed by atoms with Crippen LogP contribution in [-0.4, -0.2) is 105 Å². The summed E-state index contributed by atoms with van der Waals surface area (Å²) in [6.07, 6.45) is 2.27. The van der Waals surface area contributed by atoms with Gasteiger partial charge in [-0.15, -0.1) is 0 Å². The molecule has 0 radical (unpaired) electrons. The molecule has 1 fully saturated rings. The molecular weight excluding hydrogens is 787 g/mol. The summed E-state index contributed by atoms with van der Waals surface area (Å²) >= 11 is 0. The van der Waals surface area contributed by atoms with Crippen molar-refractivity contribution in [3.8, 4) is 11.5 Å². The molecule has 1 aliphatic heterocycles. The second-order valence-electron chi connectivity index (χ2n) is 18.1. The minimum atomic E-state index is -0.710. The van der Waals surface area contributed by atoms with Crippen molar-refractivity contribution in [2.75, 3.05) is 42.0 Å². The van der Waals surface area contributed by atoms with Crippen LogP contribution >= 0.6 is 0 Å². The van der Waals surface area contributed by atoms with Crippen LogP contribution in [0.5, 0.6) is 11.5 Å². The molecule has 0 saturated carbocycles. The third-order valence-corrected chi connectivity index (χ3v) is 13.4. The Morgan fingerprint density at radius 2 is 1.53 bits per heavy atom. The lowest BCUT2D eigenvalue weighted by Gasteiger charge is -2.40. The van der Waals surface area contributed by atoms with Gasteiger partial charge in [0, 0.05) is 63.1 Å². The molecular formula is C50H77N3O9. The number of ketones is 2. The number of ether oxygens (including phenoxy) is 4. The number of amides is 2. The molecule has 2 aromatic carbocycles. The number of Topliss-reactive ketones (excluding diaryl/α,β-unsaturated/α-hetero) is 2. The van der Waals surface area contributed by atoms with Gasteiger partial charge in [0.2, 0.25) is 11.8 Å². The second-order valence-corrected chi connectivity index (χ2v) is 18.1. The molecule has 346 valence electrons. The SMILES string of the molecule is CC[C@H](C)[C@@H]([C@@H](CC(=O)N1CCC[C@H]1[C@H](C)[C@@H](C)C(=O)C[C@@H](Cc1ccccc1)C(=O)OCc1ccc(OC)cc1OC)OC)N(C)C(=O)[C@@H](CC(=O)[C@@H](NC)C(C)C)C(C)C. The zero-order chi connectivity index (χ0) is 46.3. The van der Waals surface area contributed by atoms with E-state index >= 15 is 0 Å². The number of likely N-dealkylation sites (N-methyl/N-ethyl adjacent to an activating group) is 2. The van der Waals surface area contributed by atoms with E-state index in [-0.39, 0.29) is 85.0 Å². The molecule has 1 heterocycles. The molecule has 12 heteroatoms. The van der Waals surface area contributed by atoms with Gasteiger partial charge in [-0.1, -0.05) is 92.1 Å². The molecule has 0 bridgehead atoms. The Kier molecular flexibility index (Phi) is 21.1. The van der Waals surface area contributed by atoms with Gasteiger partial charge in [-0.2, -0.15) is 0 Å². The van der Waals surface area contributed by atoms with Crippen molar-refractivity contribution in [1.82, 2.24) is 15.1 Å². The van der Waals surface area contributed by atoms with Crippen LogP contribution in [0.15, 0.2) is 48.5 Å². The summed E-state index contributed by atoms with van der Waals surface area (Å²) in [5.41, 5.74) is 1.61. The summed E-state index contributed by atoms with van der Waals surface area (Å²) in [6.45, 7) is 16.5. The molecule has 0 aliphatic carbocycles. The number of methoxy groups -OCH3 is 3. The molecule has 0 spiro atoms. The van der Waals surface area contributed by atoms with E-state index in [4.69, 9.17) is 18.9 Å². The fourth-order valence-corrected chi connectivity index (χ4v) is 9.18. The molecule has 0 unspecified atom stereocenters. The lowest BCUT2D eigenvalue weighted by molar-refractivity contribution is -0.152. The number of hydrogen-bond donors (Lipinski definition) is 1. The number of rotatable bonds is 26. The van der Waals surface area contributed by atoms with E-state index in [0.29, 0.717) is 30.0 Å². The highest BCUT2D eigenvalue weighted by atomic mass is 16.5. The Hall–Kier alpha value is -4.29. The molecule has 2 amide bonds. The highest BCUT2D eigenvalue weighted by molar-refractivity contribution is 5.90. The van der Waals surface area contributed by atoms with E-state index in [2.05, 4.69) is 19.2 Å². The van der Waals surface area contributed by atoms with E-state index in [1.54, 1.807) is 58.5 Å². The van der Waals surface area contributed by atoms with Crippen LogP contribution in [0.1, 0.15) is 105 Å². The molecule has 2 aromatic rings. The summed E-state index contributed by atoms with van der Waals surface area (Å²) in [7, 11) is 8.25.